The van der Waals surface area contributed by atoms with Crippen LogP contribution in [0.4, 0.5) is 0 Å². The molecule has 1 aromatic rings. The Morgan fingerprint density at radius 1 is 1.27 bits per heavy atom. The molecule has 2 N–H and O–H groups in total. The minimum atomic E-state index is -0.940. The van der Waals surface area contributed by atoms with Gasteiger partial charge >= 0.3 is 5.97 Å². The van der Waals surface area contributed by atoms with Crippen molar-refractivity contribution in [3.8, 4) is 11.5 Å². The van der Waals surface area contributed by atoms with Crippen molar-refractivity contribution in [3.63, 3.8) is 0 Å². The molecule has 0 bridgehead atoms. The summed E-state index contributed by atoms with van der Waals surface area (Å²) in [6.07, 6.45) is 1.61. The molecule has 1 amide bonds. The van der Waals surface area contributed by atoms with Gasteiger partial charge < -0.3 is 24.6 Å². The number of hydrogen-bond acceptors (Lipinski definition) is 5. The molecule has 1 fully saturated rings. The topological polar surface area (TPSA) is 94.1 Å². The molecule has 2 aliphatic rings. The molecule has 1 aromatic carbocycles. The van der Waals surface area contributed by atoms with E-state index in [9.17, 15) is 9.59 Å². The van der Waals surface area contributed by atoms with E-state index < -0.39 is 11.5 Å². The summed E-state index contributed by atoms with van der Waals surface area (Å²) in [7, 11) is 0. The van der Waals surface area contributed by atoms with Gasteiger partial charge in [0.25, 0.3) is 5.91 Å². The molecule has 0 radical (unpaired) electrons. The second-order valence-electron chi connectivity index (χ2n) is 7.58. The molecular formula is C19H25NO6. The summed E-state index contributed by atoms with van der Waals surface area (Å²) in [4.78, 5) is 23.6. The van der Waals surface area contributed by atoms with Gasteiger partial charge in [0.05, 0.1) is 12.0 Å². The molecule has 26 heavy (non-hydrogen) atoms. The van der Waals surface area contributed by atoms with Crippen molar-refractivity contribution in [2.24, 2.45) is 0 Å². The fraction of sp³-hybridized carbons (Fsp3) is 0.579. The molecule has 0 aromatic heterocycles. The number of fused-ring (bicyclic) bond motifs is 1. The van der Waals surface area contributed by atoms with Gasteiger partial charge in [0.15, 0.2) is 18.1 Å². The average molecular weight is 363 g/mol. The van der Waals surface area contributed by atoms with Gasteiger partial charge in [0, 0.05) is 25.2 Å². The zero-order chi connectivity index (χ0) is 18.8. The molecule has 2 aliphatic heterocycles. The lowest BCUT2D eigenvalue weighted by atomic mass is 9.86. The highest BCUT2D eigenvalue weighted by molar-refractivity contribution is 5.80. The molecule has 2 heterocycles. The molecule has 142 valence electrons. The number of hydrogen-bond donors (Lipinski definition) is 2. The quantitative estimate of drug-likeness (QED) is 0.802. The van der Waals surface area contributed by atoms with Crippen LogP contribution >= 0.6 is 0 Å². The second-order valence-corrected chi connectivity index (χ2v) is 7.58. The van der Waals surface area contributed by atoms with Crippen molar-refractivity contribution < 1.29 is 28.9 Å². The first-order chi connectivity index (χ1) is 12.3. The highest BCUT2D eigenvalue weighted by atomic mass is 16.5. The largest absolute Gasteiger partial charge is 0.483 e. The third-order valence-electron chi connectivity index (χ3n) is 4.76. The molecule has 0 spiro atoms. The standard InChI is InChI=1S/C19H25NO6/c1-18(2)10-13-4-3-5-14(17(13)26-18)25-12-15(21)20-19(11-16(22)23)6-8-24-9-7-19/h3-5H,6-12H2,1-2H3,(H,20,21)(H,22,23). The summed E-state index contributed by atoms with van der Waals surface area (Å²) in [6.45, 7) is 4.68. The number of aliphatic carboxylic acids is 1. The Morgan fingerprint density at radius 3 is 2.69 bits per heavy atom. The summed E-state index contributed by atoms with van der Waals surface area (Å²) < 4.78 is 16.9. The predicted molar refractivity (Wildman–Crippen MR) is 93.5 cm³/mol. The van der Waals surface area contributed by atoms with Gasteiger partial charge in [-0.25, -0.2) is 0 Å². The Hall–Kier alpha value is -2.28. The number of nitrogens with one attached hydrogen (secondary N) is 1. The van der Waals surface area contributed by atoms with Crippen LogP contribution < -0.4 is 14.8 Å². The van der Waals surface area contributed by atoms with E-state index in [1.807, 2.05) is 26.0 Å². The van der Waals surface area contributed by atoms with Crippen LogP contribution in [0.5, 0.6) is 11.5 Å². The third-order valence-corrected chi connectivity index (χ3v) is 4.76. The van der Waals surface area contributed by atoms with Crippen molar-refractivity contribution in [3.05, 3.63) is 23.8 Å². The van der Waals surface area contributed by atoms with Gasteiger partial charge in [0.1, 0.15) is 5.60 Å². The number of para-hydroxylation sites is 1. The minimum Gasteiger partial charge on any atom is -0.483 e. The number of amides is 1. The minimum absolute atomic E-state index is 0.125. The highest BCUT2D eigenvalue weighted by Gasteiger charge is 2.37. The lowest BCUT2D eigenvalue weighted by Crippen LogP contribution is -2.54. The summed E-state index contributed by atoms with van der Waals surface area (Å²) >= 11 is 0. The maximum Gasteiger partial charge on any atom is 0.305 e. The third kappa shape index (κ3) is 4.27. The van der Waals surface area contributed by atoms with E-state index in [0.717, 1.165) is 12.0 Å². The normalized spacial score (nSPS) is 19.9. The highest BCUT2D eigenvalue weighted by Crippen LogP contribution is 2.41. The zero-order valence-electron chi connectivity index (χ0n) is 15.2. The van der Waals surface area contributed by atoms with E-state index in [-0.39, 0.29) is 24.5 Å². The van der Waals surface area contributed by atoms with Crippen LogP contribution in [0.2, 0.25) is 0 Å². The fourth-order valence-corrected chi connectivity index (χ4v) is 3.57. The van der Waals surface area contributed by atoms with Gasteiger partial charge in [-0.3, -0.25) is 9.59 Å². The Kier molecular flexibility index (Phi) is 5.09. The van der Waals surface area contributed by atoms with Crippen molar-refractivity contribution in [2.75, 3.05) is 19.8 Å². The molecule has 1 saturated heterocycles. The van der Waals surface area contributed by atoms with Crippen LogP contribution in [0.3, 0.4) is 0 Å². The molecule has 0 unspecified atom stereocenters. The van der Waals surface area contributed by atoms with Crippen LogP contribution in [-0.4, -0.2) is 47.9 Å². The van der Waals surface area contributed by atoms with Crippen LogP contribution in [0.25, 0.3) is 0 Å². The Morgan fingerprint density at radius 2 is 2.00 bits per heavy atom. The Bertz CT molecular complexity index is 693. The lowest BCUT2D eigenvalue weighted by Gasteiger charge is -2.36. The van der Waals surface area contributed by atoms with Crippen molar-refractivity contribution >= 4 is 11.9 Å². The van der Waals surface area contributed by atoms with E-state index in [4.69, 9.17) is 19.3 Å². The first kappa shape index (κ1) is 18.5. The number of benzene rings is 1. The molecule has 7 nitrogen and oxygen atoms in total. The number of rotatable bonds is 6. The number of carbonyl (C=O) groups is 2. The average Bonchev–Trinajstić information content (AvgIpc) is 2.87. The predicted octanol–water partition coefficient (Wildman–Crippen LogP) is 1.92. The van der Waals surface area contributed by atoms with Gasteiger partial charge in [-0.2, -0.15) is 0 Å². The van der Waals surface area contributed by atoms with Crippen molar-refractivity contribution in [1.82, 2.24) is 5.32 Å². The van der Waals surface area contributed by atoms with E-state index >= 15 is 0 Å². The molecule has 7 heteroatoms. The van der Waals surface area contributed by atoms with Crippen molar-refractivity contribution in [1.29, 1.82) is 0 Å². The summed E-state index contributed by atoms with van der Waals surface area (Å²) in [5, 5.41) is 12.0. The van der Waals surface area contributed by atoms with Crippen LogP contribution in [0.15, 0.2) is 18.2 Å². The van der Waals surface area contributed by atoms with Gasteiger partial charge in [-0.05, 0) is 32.8 Å². The molecular weight excluding hydrogens is 338 g/mol. The maximum atomic E-state index is 12.4. The lowest BCUT2D eigenvalue weighted by molar-refractivity contribution is -0.140. The maximum absolute atomic E-state index is 12.4. The molecule has 0 saturated carbocycles. The Balaban J connectivity index is 1.63. The molecule has 0 aliphatic carbocycles. The van der Waals surface area contributed by atoms with Crippen molar-refractivity contribution in [2.45, 2.75) is 50.7 Å². The van der Waals surface area contributed by atoms with Crippen LogP contribution in [0, 0.1) is 0 Å². The summed E-state index contributed by atoms with van der Waals surface area (Å²) in [5.41, 5.74) is -0.0148. The molecule has 3 rings (SSSR count). The molecule has 0 atom stereocenters. The fourth-order valence-electron chi connectivity index (χ4n) is 3.57. The number of carbonyl (C=O) groups excluding carboxylic acids is 1. The van der Waals surface area contributed by atoms with Gasteiger partial charge in [-0.1, -0.05) is 12.1 Å². The van der Waals surface area contributed by atoms with Gasteiger partial charge in [0.2, 0.25) is 0 Å². The zero-order valence-corrected chi connectivity index (χ0v) is 15.2. The smallest absolute Gasteiger partial charge is 0.305 e. The monoisotopic (exact) mass is 363 g/mol. The van der Waals surface area contributed by atoms with E-state index in [1.165, 1.54) is 0 Å². The van der Waals surface area contributed by atoms with Crippen LogP contribution in [0.1, 0.15) is 38.7 Å². The van der Waals surface area contributed by atoms with E-state index in [1.54, 1.807) is 6.07 Å². The Labute approximate surface area is 152 Å². The SMILES string of the molecule is CC1(C)Cc2cccc(OCC(=O)NC3(CC(=O)O)CCOCC3)c2O1. The summed E-state index contributed by atoms with van der Waals surface area (Å²) in [5.74, 6) is -0.0771. The number of carboxylic acid groups (broad SMARTS) is 1. The van der Waals surface area contributed by atoms with E-state index in [0.29, 0.717) is 37.6 Å². The van der Waals surface area contributed by atoms with Crippen LogP contribution in [-0.2, 0) is 20.7 Å². The van der Waals surface area contributed by atoms with Gasteiger partial charge in [-0.15, -0.1) is 0 Å². The first-order valence-corrected chi connectivity index (χ1v) is 8.83. The summed E-state index contributed by atoms with van der Waals surface area (Å²) in [6, 6.07) is 5.64. The number of ether oxygens (including phenoxy) is 3. The number of carboxylic acids is 1. The second kappa shape index (κ2) is 7.15. The van der Waals surface area contributed by atoms with E-state index in [2.05, 4.69) is 5.32 Å². The first-order valence-electron chi connectivity index (χ1n) is 8.83.